The number of nitrogen functional groups attached to an aromatic ring is 1. The molecule has 3 rings (SSSR count). The molecule has 4 nitrogen and oxygen atoms in total. The first-order chi connectivity index (χ1) is 10.1. The number of ketones is 1. The van der Waals surface area contributed by atoms with E-state index in [1.165, 1.54) is 12.1 Å². The second kappa shape index (κ2) is 5.37. The molecule has 2 aromatic carbocycles. The number of rotatable bonds is 2. The lowest BCUT2D eigenvalue weighted by molar-refractivity contribution is 0.103. The minimum atomic E-state index is -0.616. The molecule has 0 radical (unpaired) electrons. The molecule has 0 saturated carbocycles. The van der Waals surface area contributed by atoms with Crippen LogP contribution in [0.2, 0.25) is 0 Å². The van der Waals surface area contributed by atoms with E-state index in [1.807, 2.05) is 0 Å². The Morgan fingerprint density at radius 1 is 1.14 bits per heavy atom. The molecule has 0 fully saturated rings. The highest BCUT2D eigenvalue weighted by Crippen LogP contribution is 2.36. The molecule has 0 saturated heterocycles. The van der Waals surface area contributed by atoms with Crippen molar-refractivity contribution in [1.29, 1.82) is 0 Å². The van der Waals surface area contributed by atoms with Gasteiger partial charge in [0.05, 0.1) is 5.69 Å². The zero-order chi connectivity index (χ0) is 15.0. The first kappa shape index (κ1) is 13.9. The van der Waals surface area contributed by atoms with Crippen LogP contribution in [0.15, 0.2) is 34.8 Å². The molecule has 1 aliphatic rings. The van der Waals surface area contributed by atoms with Crippen LogP contribution in [-0.4, -0.2) is 19.0 Å². The molecule has 0 atom stereocenters. The molecule has 6 heteroatoms. The van der Waals surface area contributed by atoms with Gasteiger partial charge in [0, 0.05) is 15.6 Å². The van der Waals surface area contributed by atoms with Gasteiger partial charge >= 0.3 is 0 Å². The average molecular weight is 352 g/mol. The fourth-order valence-corrected chi connectivity index (χ4v) is 2.56. The van der Waals surface area contributed by atoms with Crippen molar-refractivity contribution < 1.29 is 18.7 Å². The lowest BCUT2D eigenvalue weighted by Gasteiger charge is -2.19. The van der Waals surface area contributed by atoms with E-state index in [0.29, 0.717) is 34.7 Å². The third-order valence-electron chi connectivity index (χ3n) is 3.14. The van der Waals surface area contributed by atoms with Crippen molar-refractivity contribution in [2.75, 3.05) is 18.9 Å². The van der Waals surface area contributed by atoms with E-state index in [-0.39, 0.29) is 17.0 Å². The number of ether oxygens (including phenoxy) is 2. The second-order valence-electron chi connectivity index (χ2n) is 4.54. The molecule has 1 heterocycles. The van der Waals surface area contributed by atoms with Gasteiger partial charge in [-0.15, -0.1) is 0 Å². The SMILES string of the molecule is Nc1ccc(C(=O)c2cc3c(cc2Br)OCCO3)cc1F. The quantitative estimate of drug-likeness (QED) is 0.666. The number of halogens is 2. The number of nitrogens with two attached hydrogens (primary N) is 1. The smallest absolute Gasteiger partial charge is 0.194 e. The third-order valence-corrected chi connectivity index (χ3v) is 3.80. The molecule has 1 aliphatic heterocycles. The van der Waals surface area contributed by atoms with Crippen molar-refractivity contribution in [2.24, 2.45) is 0 Å². The summed E-state index contributed by atoms with van der Waals surface area (Å²) in [5, 5.41) is 0. The van der Waals surface area contributed by atoms with Crippen molar-refractivity contribution in [3.05, 3.63) is 51.7 Å². The van der Waals surface area contributed by atoms with E-state index in [4.69, 9.17) is 15.2 Å². The zero-order valence-corrected chi connectivity index (χ0v) is 12.4. The summed E-state index contributed by atoms with van der Waals surface area (Å²) in [4.78, 5) is 12.5. The van der Waals surface area contributed by atoms with Crippen LogP contribution in [0.25, 0.3) is 0 Å². The van der Waals surface area contributed by atoms with E-state index in [2.05, 4.69) is 15.9 Å². The first-order valence-electron chi connectivity index (χ1n) is 6.25. The van der Waals surface area contributed by atoms with Gasteiger partial charge in [-0.25, -0.2) is 4.39 Å². The van der Waals surface area contributed by atoms with Crippen LogP contribution < -0.4 is 15.2 Å². The van der Waals surface area contributed by atoms with Crippen molar-refractivity contribution in [3.63, 3.8) is 0 Å². The molecule has 108 valence electrons. The highest BCUT2D eigenvalue weighted by molar-refractivity contribution is 9.10. The average Bonchev–Trinajstić information content (AvgIpc) is 2.48. The Labute approximate surface area is 128 Å². The van der Waals surface area contributed by atoms with Crippen molar-refractivity contribution in [1.82, 2.24) is 0 Å². The van der Waals surface area contributed by atoms with Gasteiger partial charge in [-0.1, -0.05) is 0 Å². The predicted octanol–water partition coefficient (Wildman–Crippen LogP) is 3.17. The van der Waals surface area contributed by atoms with E-state index in [9.17, 15) is 9.18 Å². The van der Waals surface area contributed by atoms with E-state index < -0.39 is 5.82 Å². The number of benzene rings is 2. The molecule has 0 unspecified atom stereocenters. The van der Waals surface area contributed by atoms with Crippen LogP contribution in [0.5, 0.6) is 11.5 Å². The Morgan fingerprint density at radius 3 is 2.48 bits per heavy atom. The molecule has 0 spiro atoms. The van der Waals surface area contributed by atoms with Crippen molar-refractivity contribution >= 4 is 27.4 Å². The summed E-state index contributed by atoms with van der Waals surface area (Å²) in [5.74, 6) is 0.143. The summed E-state index contributed by atoms with van der Waals surface area (Å²) >= 11 is 3.33. The number of carbonyl (C=O) groups excluding carboxylic acids is 1. The first-order valence-corrected chi connectivity index (χ1v) is 7.04. The molecule has 2 N–H and O–H groups in total. The number of hydrogen-bond donors (Lipinski definition) is 1. The maximum absolute atomic E-state index is 13.5. The Bertz CT molecular complexity index is 733. The van der Waals surface area contributed by atoms with E-state index >= 15 is 0 Å². The van der Waals surface area contributed by atoms with Crippen molar-refractivity contribution in [3.8, 4) is 11.5 Å². The predicted molar refractivity (Wildman–Crippen MR) is 79.4 cm³/mol. The molecule has 21 heavy (non-hydrogen) atoms. The fourth-order valence-electron chi connectivity index (χ4n) is 2.06. The molecule has 2 aromatic rings. The minimum absolute atomic E-state index is 0.00721. The lowest BCUT2D eigenvalue weighted by atomic mass is 10.0. The molecule has 0 aliphatic carbocycles. The third kappa shape index (κ3) is 2.58. The Balaban J connectivity index is 2.03. The Hall–Kier alpha value is -2.08. The van der Waals surface area contributed by atoms with Gasteiger partial charge < -0.3 is 15.2 Å². The summed E-state index contributed by atoms with van der Waals surface area (Å²) in [5.41, 5.74) is 6.02. The van der Waals surface area contributed by atoms with Crippen LogP contribution in [0.1, 0.15) is 15.9 Å². The highest BCUT2D eigenvalue weighted by Gasteiger charge is 2.20. The fraction of sp³-hybridized carbons (Fsp3) is 0.133. The van der Waals surface area contributed by atoms with Gasteiger partial charge in [-0.3, -0.25) is 4.79 Å². The van der Waals surface area contributed by atoms with Gasteiger partial charge in [0.15, 0.2) is 17.3 Å². The minimum Gasteiger partial charge on any atom is -0.486 e. The summed E-state index contributed by atoms with van der Waals surface area (Å²) in [6.07, 6.45) is 0. The Morgan fingerprint density at radius 2 is 1.81 bits per heavy atom. The number of hydrogen-bond acceptors (Lipinski definition) is 4. The van der Waals surface area contributed by atoms with E-state index in [1.54, 1.807) is 12.1 Å². The maximum atomic E-state index is 13.5. The monoisotopic (exact) mass is 351 g/mol. The molecule has 0 amide bonds. The van der Waals surface area contributed by atoms with Crippen LogP contribution in [-0.2, 0) is 0 Å². The summed E-state index contributed by atoms with van der Waals surface area (Å²) in [6, 6.07) is 7.25. The van der Waals surface area contributed by atoms with Crippen LogP contribution in [0.4, 0.5) is 10.1 Å². The molecular formula is C15H11BrFNO3. The van der Waals surface area contributed by atoms with Crippen LogP contribution in [0, 0.1) is 5.82 Å². The summed E-state index contributed by atoms with van der Waals surface area (Å²) < 4.78 is 25.0. The van der Waals surface area contributed by atoms with Gasteiger partial charge in [-0.05, 0) is 46.3 Å². The summed E-state index contributed by atoms with van der Waals surface area (Å²) in [6.45, 7) is 0.897. The lowest BCUT2D eigenvalue weighted by Crippen LogP contribution is -2.16. The van der Waals surface area contributed by atoms with Crippen LogP contribution >= 0.6 is 15.9 Å². The van der Waals surface area contributed by atoms with Crippen molar-refractivity contribution in [2.45, 2.75) is 0 Å². The number of fused-ring (bicyclic) bond motifs is 1. The largest absolute Gasteiger partial charge is 0.486 e. The van der Waals surface area contributed by atoms with Crippen LogP contribution in [0.3, 0.4) is 0 Å². The zero-order valence-electron chi connectivity index (χ0n) is 10.9. The maximum Gasteiger partial charge on any atom is 0.194 e. The highest BCUT2D eigenvalue weighted by atomic mass is 79.9. The van der Waals surface area contributed by atoms with Gasteiger partial charge in [0.2, 0.25) is 0 Å². The second-order valence-corrected chi connectivity index (χ2v) is 5.40. The topological polar surface area (TPSA) is 61.6 Å². The molecular weight excluding hydrogens is 341 g/mol. The Kier molecular flexibility index (Phi) is 3.55. The van der Waals surface area contributed by atoms with E-state index in [0.717, 1.165) is 6.07 Å². The molecule has 0 bridgehead atoms. The normalized spacial score (nSPS) is 13.0. The molecule has 0 aromatic heterocycles. The standard InChI is InChI=1S/C15H11BrFNO3/c16-10-7-14-13(20-3-4-21-14)6-9(10)15(19)8-1-2-12(18)11(17)5-8/h1-2,5-7H,3-4,18H2. The van der Waals surface area contributed by atoms with Gasteiger partial charge in [0.25, 0.3) is 0 Å². The summed E-state index contributed by atoms with van der Waals surface area (Å²) in [7, 11) is 0. The van der Waals surface area contributed by atoms with Gasteiger partial charge in [-0.2, -0.15) is 0 Å². The number of carbonyl (C=O) groups is 1. The van der Waals surface area contributed by atoms with Gasteiger partial charge in [0.1, 0.15) is 19.0 Å². The number of anilines is 1.